The van der Waals surface area contributed by atoms with Crippen LogP contribution < -0.4 is 9.64 Å². The Kier molecular flexibility index (Phi) is 5.19. The lowest BCUT2D eigenvalue weighted by molar-refractivity contribution is -0.384. The molecule has 0 atom stereocenters. The molecule has 0 spiro atoms. The molecule has 0 aliphatic carbocycles. The predicted octanol–water partition coefficient (Wildman–Crippen LogP) is 3.44. The van der Waals surface area contributed by atoms with Crippen molar-refractivity contribution in [1.82, 2.24) is 0 Å². The third-order valence-corrected chi connectivity index (χ3v) is 4.42. The van der Waals surface area contributed by atoms with E-state index in [4.69, 9.17) is 4.74 Å². The number of nitrogens with zero attached hydrogens (tertiary/aromatic N) is 2. The van der Waals surface area contributed by atoms with Crippen molar-refractivity contribution in [1.29, 1.82) is 0 Å². The second-order valence-electron chi connectivity index (χ2n) is 6.19. The van der Waals surface area contributed by atoms with Crippen molar-refractivity contribution in [2.45, 2.75) is 32.9 Å². The van der Waals surface area contributed by atoms with Crippen LogP contribution in [0.1, 0.15) is 30.0 Å². The minimum absolute atomic E-state index is 0.0727. The van der Waals surface area contributed by atoms with Crippen LogP contribution in [0.3, 0.4) is 0 Å². The predicted molar refractivity (Wildman–Crippen MR) is 96.0 cm³/mol. The maximum Gasteiger partial charge on any atom is 0.292 e. The third kappa shape index (κ3) is 3.74. The molecule has 6 nitrogen and oxygen atoms in total. The van der Waals surface area contributed by atoms with E-state index in [1.54, 1.807) is 12.1 Å². The van der Waals surface area contributed by atoms with Gasteiger partial charge >= 0.3 is 0 Å². The monoisotopic (exact) mass is 342 g/mol. The summed E-state index contributed by atoms with van der Waals surface area (Å²) in [7, 11) is 0. The Hall–Kier alpha value is -2.60. The molecule has 1 N–H and O–H groups in total. The zero-order chi connectivity index (χ0) is 17.8. The Balaban J connectivity index is 1.86. The molecule has 0 saturated carbocycles. The number of aliphatic hydroxyl groups is 1. The Morgan fingerprint density at radius 2 is 2.08 bits per heavy atom. The highest BCUT2D eigenvalue weighted by Gasteiger charge is 2.24. The standard InChI is InChI=1S/C19H22N2O4/c1-2-9-25-17-5-4-16-12-20(8-7-15(16)11-17)19-10-14(13-22)3-6-18(19)21(23)24/h3-6,10-11,22H,2,7-9,12-13H2,1H3. The van der Waals surface area contributed by atoms with Gasteiger partial charge in [-0.2, -0.15) is 0 Å². The Labute approximate surface area is 146 Å². The van der Waals surface area contributed by atoms with E-state index in [0.717, 1.165) is 24.2 Å². The van der Waals surface area contributed by atoms with E-state index in [0.29, 0.717) is 30.9 Å². The molecule has 25 heavy (non-hydrogen) atoms. The first kappa shape index (κ1) is 17.2. The van der Waals surface area contributed by atoms with Crippen molar-refractivity contribution in [3.05, 3.63) is 63.2 Å². The average Bonchev–Trinajstić information content (AvgIpc) is 2.65. The van der Waals surface area contributed by atoms with E-state index in [-0.39, 0.29) is 17.2 Å². The van der Waals surface area contributed by atoms with Gasteiger partial charge in [0.15, 0.2) is 0 Å². The smallest absolute Gasteiger partial charge is 0.292 e. The van der Waals surface area contributed by atoms with E-state index in [9.17, 15) is 15.2 Å². The molecule has 1 aliphatic heterocycles. The largest absolute Gasteiger partial charge is 0.494 e. The fraction of sp³-hybridized carbons (Fsp3) is 0.368. The van der Waals surface area contributed by atoms with E-state index in [1.807, 2.05) is 17.0 Å². The minimum atomic E-state index is -0.367. The molecule has 3 rings (SSSR count). The summed E-state index contributed by atoms with van der Waals surface area (Å²) in [6.07, 6.45) is 1.77. The van der Waals surface area contributed by atoms with Crippen LogP contribution in [0.2, 0.25) is 0 Å². The van der Waals surface area contributed by atoms with Gasteiger partial charge in [-0.15, -0.1) is 0 Å². The molecular formula is C19H22N2O4. The second kappa shape index (κ2) is 7.53. The van der Waals surface area contributed by atoms with Crippen molar-refractivity contribution in [2.75, 3.05) is 18.1 Å². The SMILES string of the molecule is CCCOc1ccc2c(c1)CCN(c1cc(CO)ccc1[N+](=O)[O-])C2. The molecule has 2 aromatic carbocycles. The van der Waals surface area contributed by atoms with Gasteiger partial charge in [-0.3, -0.25) is 10.1 Å². The number of hydrogen-bond acceptors (Lipinski definition) is 5. The van der Waals surface area contributed by atoms with Crippen LogP contribution >= 0.6 is 0 Å². The van der Waals surface area contributed by atoms with Gasteiger partial charge in [0.05, 0.1) is 18.1 Å². The summed E-state index contributed by atoms with van der Waals surface area (Å²) in [6.45, 7) is 3.95. The molecule has 1 aliphatic rings. The number of aliphatic hydroxyl groups excluding tert-OH is 1. The normalized spacial score (nSPS) is 13.4. The van der Waals surface area contributed by atoms with Gasteiger partial charge in [-0.1, -0.05) is 13.0 Å². The van der Waals surface area contributed by atoms with Gasteiger partial charge in [0.2, 0.25) is 0 Å². The highest BCUT2D eigenvalue weighted by molar-refractivity contribution is 5.65. The first-order chi connectivity index (χ1) is 12.1. The van der Waals surface area contributed by atoms with Crippen molar-refractivity contribution in [3.63, 3.8) is 0 Å². The second-order valence-corrected chi connectivity index (χ2v) is 6.19. The van der Waals surface area contributed by atoms with Crippen LogP contribution in [0.4, 0.5) is 11.4 Å². The van der Waals surface area contributed by atoms with E-state index in [1.165, 1.54) is 11.6 Å². The van der Waals surface area contributed by atoms with Gasteiger partial charge in [-0.25, -0.2) is 0 Å². The number of benzene rings is 2. The zero-order valence-corrected chi connectivity index (χ0v) is 14.3. The van der Waals surface area contributed by atoms with E-state index < -0.39 is 0 Å². The van der Waals surface area contributed by atoms with Crippen LogP contribution in [-0.4, -0.2) is 23.2 Å². The first-order valence-corrected chi connectivity index (χ1v) is 8.50. The highest BCUT2D eigenvalue weighted by Crippen LogP contribution is 2.34. The van der Waals surface area contributed by atoms with Gasteiger partial charge in [0.1, 0.15) is 11.4 Å². The van der Waals surface area contributed by atoms with Crippen LogP contribution in [0.15, 0.2) is 36.4 Å². The van der Waals surface area contributed by atoms with Crippen LogP contribution in [0.5, 0.6) is 5.75 Å². The van der Waals surface area contributed by atoms with E-state index >= 15 is 0 Å². The fourth-order valence-corrected chi connectivity index (χ4v) is 3.12. The molecule has 0 unspecified atom stereocenters. The Morgan fingerprint density at radius 3 is 2.80 bits per heavy atom. The minimum Gasteiger partial charge on any atom is -0.494 e. The lowest BCUT2D eigenvalue weighted by Crippen LogP contribution is -2.31. The average molecular weight is 342 g/mol. The molecule has 0 radical (unpaired) electrons. The number of hydrogen-bond donors (Lipinski definition) is 1. The van der Waals surface area contributed by atoms with Crippen LogP contribution in [-0.2, 0) is 19.6 Å². The quantitative estimate of drug-likeness (QED) is 0.643. The molecule has 2 aromatic rings. The highest BCUT2D eigenvalue weighted by atomic mass is 16.6. The zero-order valence-electron chi connectivity index (χ0n) is 14.3. The summed E-state index contributed by atoms with van der Waals surface area (Å²) in [5.74, 6) is 0.877. The summed E-state index contributed by atoms with van der Waals surface area (Å²) in [5, 5.41) is 20.7. The molecule has 132 valence electrons. The Bertz CT molecular complexity index is 776. The van der Waals surface area contributed by atoms with Crippen molar-refractivity contribution < 1.29 is 14.8 Å². The number of nitro benzene ring substituents is 1. The summed E-state index contributed by atoms with van der Waals surface area (Å²) < 4.78 is 5.68. The van der Waals surface area contributed by atoms with Crippen molar-refractivity contribution in [2.24, 2.45) is 0 Å². The van der Waals surface area contributed by atoms with Gasteiger partial charge < -0.3 is 14.7 Å². The Morgan fingerprint density at radius 1 is 1.24 bits per heavy atom. The van der Waals surface area contributed by atoms with Gasteiger partial charge in [0, 0.05) is 19.2 Å². The maximum atomic E-state index is 11.4. The van der Waals surface area contributed by atoms with Crippen molar-refractivity contribution >= 4 is 11.4 Å². The summed E-state index contributed by atoms with van der Waals surface area (Å²) in [5.41, 5.74) is 3.69. The first-order valence-electron chi connectivity index (χ1n) is 8.50. The summed E-state index contributed by atoms with van der Waals surface area (Å²) in [4.78, 5) is 13.0. The topological polar surface area (TPSA) is 75.8 Å². The molecule has 1 heterocycles. The number of nitro groups is 1. The molecule has 0 aromatic heterocycles. The number of fused-ring (bicyclic) bond motifs is 1. The fourth-order valence-electron chi connectivity index (χ4n) is 3.12. The molecule has 0 bridgehead atoms. The third-order valence-electron chi connectivity index (χ3n) is 4.42. The van der Waals surface area contributed by atoms with Crippen LogP contribution in [0.25, 0.3) is 0 Å². The molecule has 6 heteroatoms. The number of ether oxygens (including phenoxy) is 1. The lowest BCUT2D eigenvalue weighted by atomic mass is 9.98. The molecule has 0 fully saturated rings. The number of anilines is 1. The molecular weight excluding hydrogens is 320 g/mol. The lowest BCUT2D eigenvalue weighted by Gasteiger charge is -2.31. The molecule has 0 amide bonds. The van der Waals surface area contributed by atoms with E-state index in [2.05, 4.69) is 13.0 Å². The number of rotatable bonds is 6. The van der Waals surface area contributed by atoms with Crippen molar-refractivity contribution in [3.8, 4) is 5.75 Å². The van der Waals surface area contributed by atoms with Crippen LogP contribution in [0, 0.1) is 10.1 Å². The molecule has 0 saturated heterocycles. The summed E-state index contributed by atoms with van der Waals surface area (Å²) in [6, 6.07) is 10.8. The van der Waals surface area contributed by atoms with Gasteiger partial charge in [-0.05, 0) is 53.8 Å². The maximum absolute atomic E-state index is 11.4. The summed E-state index contributed by atoms with van der Waals surface area (Å²) >= 11 is 0. The van der Waals surface area contributed by atoms with Gasteiger partial charge in [0.25, 0.3) is 5.69 Å².